The van der Waals surface area contributed by atoms with Crippen LogP contribution in [-0.4, -0.2) is 33.6 Å². The van der Waals surface area contributed by atoms with Gasteiger partial charge in [-0.15, -0.1) is 0 Å². The molecule has 2 rings (SSSR count). The molecule has 0 saturated heterocycles. The number of nitriles is 1. The lowest BCUT2D eigenvalue weighted by Crippen LogP contribution is -2.17. The van der Waals surface area contributed by atoms with Crippen molar-refractivity contribution in [2.45, 2.75) is 11.2 Å². The van der Waals surface area contributed by atoms with E-state index < -0.39 is 32.2 Å². The minimum absolute atomic E-state index is 0.0163. The van der Waals surface area contributed by atoms with Gasteiger partial charge in [0.1, 0.15) is 11.2 Å². The van der Waals surface area contributed by atoms with Crippen molar-refractivity contribution >= 4 is 9.84 Å². The molecule has 0 N–H and O–H groups in total. The summed E-state index contributed by atoms with van der Waals surface area (Å²) in [6.45, 7) is 0.0163. The molecule has 3 atom stereocenters. The molecule has 0 aliphatic heterocycles. The van der Waals surface area contributed by atoms with Gasteiger partial charge in [-0.05, 0) is 17.7 Å². The Labute approximate surface area is 111 Å². The number of benzene rings is 1. The third-order valence-electron chi connectivity index (χ3n) is 3.52. The second kappa shape index (κ2) is 4.58. The second-order valence-corrected chi connectivity index (χ2v) is 7.03. The lowest BCUT2D eigenvalue weighted by atomic mass is 10.0. The summed E-state index contributed by atoms with van der Waals surface area (Å²) in [5, 5.41) is 8.49. The summed E-state index contributed by atoms with van der Waals surface area (Å²) in [6.07, 6.45) is 1.10. The molecular weight excluding hydrogens is 269 g/mol. The van der Waals surface area contributed by atoms with Crippen molar-refractivity contribution in [3.63, 3.8) is 0 Å². The number of ether oxygens (including phenoxy) is 1. The molecule has 1 aliphatic carbocycles. The van der Waals surface area contributed by atoms with Crippen molar-refractivity contribution in [1.82, 2.24) is 0 Å². The summed E-state index contributed by atoms with van der Waals surface area (Å²) in [5.74, 6) is -0.982. The van der Waals surface area contributed by atoms with Crippen LogP contribution < -0.4 is 0 Å². The predicted molar refractivity (Wildman–Crippen MR) is 67.7 cm³/mol. The van der Waals surface area contributed by atoms with E-state index in [1.165, 1.54) is 25.3 Å². The van der Waals surface area contributed by atoms with Crippen LogP contribution in [0.2, 0.25) is 0 Å². The molecule has 19 heavy (non-hydrogen) atoms. The maximum Gasteiger partial charge on any atom is 0.152 e. The fraction of sp³-hybridized carbons (Fsp3) is 0.462. The first-order valence-corrected chi connectivity index (χ1v) is 7.67. The minimum Gasteiger partial charge on any atom is -0.383 e. The topological polar surface area (TPSA) is 67.2 Å². The highest BCUT2D eigenvalue weighted by Crippen LogP contribution is 2.62. The minimum atomic E-state index is -3.41. The van der Waals surface area contributed by atoms with E-state index in [-0.39, 0.29) is 6.61 Å². The zero-order chi connectivity index (χ0) is 14.3. The van der Waals surface area contributed by atoms with Crippen LogP contribution in [0.3, 0.4) is 0 Å². The van der Waals surface area contributed by atoms with Crippen LogP contribution in [0, 0.1) is 22.6 Å². The Morgan fingerprint density at radius 1 is 1.53 bits per heavy atom. The maximum atomic E-state index is 13.3. The van der Waals surface area contributed by atoms with Crippen LogP contribution in [0.15, 0.2) is 24.3 Å². The highest BCUT2D eigenvalue weighted by atomic mass is 32.2. The predicted octanol–water partition coefficient (Wildman–Crippen LogP) is 1.49. The number of halogens is 1. The van der Waals surface area contributed by atoms with E-state index in [9.17, 15) is 18.1 Å². The first-order valence-electron chi connectivity index (χ1n) is 5.71. The SMILES string of the molecule is COC[C@]1(C#N)[C@H](c2cccc(F)c2)[C@@H]1S(C)(=O)=O. The Morgan fingerprint density at radius 3 is 2.68 bits per heavy atom. The summed E-state index contributed by atoms with van der Waals surface area (Å²) < 4.78 is 41.9. The average molecular weight is 283 g/mol. The molecule has 1 fully saturated rings. The fourth-order valence-corrected chi connectivity index (χ4v) is 4.63. The zero-order valence-electron chi connectivity index (χ0n) is 10.6. The van der Waals surface area contributed by atoms with Gasteiger partial charge in [-0.25, -0.2) is 12.8 Å². The van der Waals surface area contributed by atoms with Crippen LogP contribution in [-0.2, 0) is 14.6 Å². The number of sulfone groups is 1. The van der Waals surface area contributed by atoms with Crippen molar-refractivity contribution in [2.75, 3.05) is 20.0 Å². The molecule has 4 nitrogen and oxygen atoms in total. The van der Waals surface area contributed by atoms with E-state index in [1.54, 1.807) is 6.07 Å². The largest absolute Gasteiger partial charge is 0.383 e. The number of nitrogens with zero attached hydrogens (tertiary/aromatic N) is 1. The van der Waals surface area contributed by atoms with E-state index in [1.807, 2.05) is 0 Å². The van der Waals surface area contributed by atoms with Crippen molar-refractivity contribution in [1.29, 1.82) is 5.26 Å². The zero-order valence-corrected chi connectivity index (χ0v) is 11.4. The van der Waals surface area contributed by atoms with E-state index >= 15 is 0 Å². The molecule has 0 heterocycles. The van der Waals surface area contributed by atoms with Crippen LogP contribution in [0.5, 0.6) is 0 Å². The van der Waals surface area contributed by atoms with Crippen LogP contribution in [0.25, 0.3) is 0 Å². The summed E-state index contributed by atoms with van der Waals surface area (Å²) in [4.78, 5) is 0. The van der Waals surface area contributed by atoms with Gasteiger partial charge in [0.25, 0.3) is 0 Å². The smallest absolute Gasteiger partial charge is 0.152 e. The number of methoxy groups -OCH3 is 1. The Bertz CT molecular complexity index is 638. The summed E-state index contributed by atoms with van der Waals surface area (Å²) in [6, 6.07) is 7.76. The fourth-order valence-electron chi connectivity index (χ4n) is 2.78. The molecular formula is C13H14FNO3S. The molecule has 0 amide bonds. The number of hydrogen-bond acceptors (Lipinski definition) is 4. The van der Waals surface area contributed by atoms with Crippen LogP contribution in [0.4, 0.5) is 4.39 Å². The molecule has 0 aromatic heterocycles. The van der Waals surface area contributed by atoms with Gasteiger partial charge < -0.3 is 4.74 Å². The first kappa shape index (κ1) is 14.0. The van der Waals surface area contributed by atoms with Gasteiger partial charge in [0.05, 0.1) is 17.9 Å². The molecule has 6 heteroatoms. The molecule has 1 saturated carbocycles. The van der Waals surface area contributed by atoms with Gasteiger partial charge in [-0.2, -0.15) is 5.26 Å². The van der Waals surface area contributed by atoms with E-state index in [4.69, 9.17) is 4.74 Å². The monoisotopic (exact) mass is 283 g/mol. The van der Waals surface area contributed by atoms with E-state index in [0.29, 0.717) is 5.56 Å². The normalized spacial score (nSPS) is 29.8. The first-order chi connectivity index (χ1) is 8.86. The lowest BCUT2D eigenvalue weighted by molar-refractivity contribution is 0.162. The molecule has 0 radical (unpaired) electrons. The highest BCUT2D eigenvalue weighted by Gasteiger charge is 2.71. The van der Waals surface area contributed by atoms with Crippen LogP contribution >= 0.6 is 0 Å². The summed E-state index contributed by atoms with van der Waals surface area (Å²) in [7, 11) is -1.99. The van der Waals surface area contributed by atoms with Crippen molar-refractivity contribution in [3.05, 3.63) is 35.6 Å². The highest BCUT2D eigenvalue weighted by molar-refractivity contribution is 7.91. The molecule has 0 bridgehead atoms. The number of hydrogen-bond donors (Lipinski definition) is 0. The standard InChI is InChI=1S/C13H14FNO3S/c1-18-8-13(7-15)11(12(13)19(2,16)17)9-4-3-5-10(14)6-9/h3-6,11-12H,8H2,1-2H3/t11-,12+,13-/m1/s1. The lowest BCUT2D eigenvalue weighted by Gasteiger charge is -2.06. The Kier molecular flexibility index (Phi) is 3.37. The third-order valence-corrected chi connectivity index (χ3v) is 5.13. The third kappa shape index (κ3) is 2.24. The average Bonchev–Trinajstić information content (AvgIpc) is 2.99. The van der Waals surface area contributed by atoms with Crippen molar-refractivity contribution < 1.29 is 17.5 Å². The molecule has 0 unspecified atom stereocenters. The molecule has 102 valence electrons. The summed E-state index contributed by atoms with van der Waals surface area (Å²) >= 11 is 0. The van der Waals surface area contributed by atoms with Crippen molar-refractivity contribution in [3.8, 4) is 6.07 Å². The molecule has 1 aliphatic rings. The second-order valence-electron chi connectivity index (χ2n) is 4.87. The van der Waals surface area contributed by atoms with Gasteiger partial charge in [0, 0.05) is 19.3 Å². The van der Waals surface area contributed by atoms with Gasteiger partial charge in [-0.3, -0.25) is 0 Å². The number of rotatable bonds is 4. The Hall–Kier alpha value is -1.45. The van der Waals surface area contributed by atoms with Gasteiger partial charge >= 0.3 is 0 Å². The van der Waals surface area contributed by atoms with Gasteiger partial charge in [-0.1, -0.05) is 12.1 Å². The Balaban J connectivity index is 2.48. The van der Waals surface area contributed by atoms with Crippen molar-refractivity contribution in [2.24, 2.45) is 5.41 Å². The van der Waals surface area contributed by atoms with Crippen LogP contribution in [0.1, 0.15) is 11.5 Å². The quantitative estimate of drug-likeness (QED) is 0.839. The molecule has 0 spiro atoms. The van der Waals surface area contributed by atoms with Gasteiger partial charge in [0.2, 0.25) is 0 Å². The van der Waals surface area contributed by atoms with Gasteiger partial charge in [0.15, 0.2) is 9.84 Å². The molecule has 1 aromatic rings. The maximum absolute atomic E-state index is 13.3. The van der Waals surface area contributed by atoms with E-state index in [0.717, 1.165) is 6.26 Å². The Morgan fingerprint density at radius 2 is 2.21 bits per heavy atom. The summed E-state index contributed by atoms with van der Waals surface area (Å²) in [5.41, 5.74) is -0.593. The molecule has 1 aromatic carbocycles. The van der Waals surface area contributed by atoms with E-state index in [2.05, 4.69) is 6.07 Å².